The molecule has 0 spiro atoms. The molecule has 5 aromatic carbocycles. The number of hydrogen-bond acceptors (Lipinski definition) is 8. The number of amides is 3. The lowest BCUT2D eigenvalue weighted by molar-refractivity contribution is -0.116. The van der Waals surface area contributed by atoms with Crippen LogP contribution in [0.1, 0.15) is 26.7 Å². The number of nitrogens with one attached hydrogen (secondary N) is 3. The number of thiazole rings is 1. The molecular weight excluding hydrogens is 679 g/mol. The van der Waals surface area contributed by atoms with Crippen LogP contribution in [0.15, 0.2) is 138 Å². The highest BCUT2D eigenvalue weighted by Gasteiger charge is 2.24. The van der Waals surface area contributed by atoms with Gasteiger partial charge in [-0.2, -0.15) is 0 Å². The molecule has 3 amide bonds. The van der Waals surface area contributed by atoms with Crippen LogP contribution in [0.25, 0.3) is 16.3 Å². The molecule has 1 heterocycles. The van der Waals surface area contributed by atoms with Gasteiger partial charge in [0.1, 0.15) is 16.7 Å². The average molecular weight is 714 g/mol. The van der Waals surface area contributed by atoms with Crippen LogP contribution >= 0.6 is 23.1 Å². The smallest absolute Gasteiger partial charge is 0.272 e. The van der Waals surface area contributed by atoms with Gasteiger partial charge >= 0.3 is 0 Å². The lowest BCUT2D eigenvalue weighted by atomic mass is 10.1. The Kier molecular flexibility index (Phi) is 11.1. The van der Waals surface area contributed by atoms with E-state index in [1.165, 1.54) is 23.1 Å². The van der Waals surface area contributed by atoms with Crippen LogP contribution in [0.3, 0.4) is 0 Å². The number of ether oxygens (including phenoxy) is 1. The molecule has 0 aliphatic rings. The van der Waals surface area contributed by atoms with Crippen LogP contribution in [-0.2, 0) is 9.59 Å². The Labute approximate surface area is 304 Å². The van der Waals surface area contributed by atoms with Crippen LogP contribution in [0.4, 0.5) is 16.5 Å². The number of carbonyl (C=O) groups excluding carboxylic acids is 3. The molecule has 256 valence electrons. The first-order valence-electron chi connectivity index (χ1n) is 16.0. The molecule has 0 saturated carbocycles. The first-order valence-corrected chi connectivity index (χ1v) is 17.7. The minimum atomic E-state index is -0.574. The second-order valence-corrected chi connectivity index (χ2v) is 13.8. The summed E-state index contributed by atoms with van der Waals surface area (Å²) in [6, 6.07) is 38.7. The Hall–Kier alpha value is -5.91. The van der Waals surface area contributed by atoms with Crippen molar-refractivity contribution in [2.45, 2.75) is 10.1 Å². The Balaban J connectivity index is 1.18. The van der Waals surface area contributed by atoms with Crippen molar-refractivity contribution in [3.8, 4) is 5.75 Å². The number of carbonyl (C=O) groups is 3. The third kappa shape index (κ3) is 9.01. The number of methoxy groups -OCH3 is 1. The van der Waals surface area contributed by atoms with E-state index in [9.17, 15) is 14.4 Å². The molecule has 0 saturated heterocycles. The fraction of sp³-hybridized carbons (Fsp3) is 0.100. The third-order valence-corrected chi connectivity index (χ3v) is 9.98. The molecule has 6 rings (SSSR count). The minimum Gasteiger partial charge on any atom is -0.497 e. The Morgan fingerprint density at radius 2 is 1.51 bits per heavy atom. The molecule has 0 bridgehead atoms. The molecule has 0 aliphatic carbocycles. The average Bonchev–Trinajstić information content (AvgIpc) is 3.56. The summed E-state index contributed by atoms with van der Waals surface area (Å²) in [4.78, 5) is 47.8. The Morgan fingerprint density at radius 1 is 0.824 bits per heavy atom. The molecule has 0 aliphatic heterocycles. The van der Waals surface area contributed by atoms with E-state index in [0.29, 0.717) is 16.4 Å². The van der Waals surface area contributed by atoms with Crippen molar-refractivity contribution in [3.63, 3.8) is 0 Å². The Bertz CT molecular complexity index is 2170. The van der Waals surface area contributed by atoms with Crippen LogP contribution in [0.2, 0.25) is 0 Å². The molecule has 6 aromatic rings. The number of benzene rings is 5. The van der Waals surface area contributed by atoms with Gasteiger partial charge in [0, 0.05) is 35.9 Å². The predicted octanol–water partition coefficient (Wildman–Crippen LogP) is 8.25. The molecular formula is C40H35N5O4S2. The summed E-state index contributed by atoms with van der Waals surface area (Å²) in [6.45, 7) is 0. The number of nitrogens with zero attached hydrogens (tertiary/aromatic N) is 2. The third-order valence-electron chi connectivity index (χ3n) is 7.78. The summed E-state index contributed by atoms with van der Waals surface area (Å²) in [5.74, 6) is -0.367. The van der Waals surface area contributed by atoms with Crippen LogP contribution in [0, 0.1) is 0 Å². The molecule has 1 aromatic heterocycles. The highest BCUT2D eigenvalue weighted by atomic mass is 32.2. The van der Waals surface area contributed by atoms with E-state index >= 15 is 0 Å². The first kappa shape index (κ1) is 34.9. The predicted molar refractivity (Wildman–Crippen MR) is 208 cm³/mol. The molecule has 11 heteroatoms. The van der Waals surface area contributed by atoms with Gasteiger partial charge in [-0.15, -0.1) is 11.8 Å². The maximum atomic E-state index is 13.7. The highest BCUT2D eigenvalue weighted by molar-refractivity contribution is 8.00. The van der Waals surface area contributed by atoms with Crippen LogP contribution < -0.4 is 25.6 Å². The first-order chi connectivity index (χ1) is 24.7. The molecule has 1 unspecified atom stereocenters. The van der Waals surface area contributed by atoms with Crippen molar-refractivity contribution in [2.24, 2.45) is 0 Å². The van der Waals surface area contributed by atoms with Crippen molar-refractivity contribution >= 4 is 73.6 Å². The van der Waals surface area contributed by atoms with Crippen molar-refractivity contribution in [1.29, 1.82) is 0 Å². The summed E-state index contributed by atoms with van der Waals surface area (Å²) in [5, 5.41) is 8.61. The zero-order chi connectivity index (χ0) is 35.7. The molecule has 0 radical (unpaired) electrons. The van der Waals surface area contributed by atoms with Crippen molar-refractivity contribution in [2.75, 3.05) is 36.7 Å². The normalized spacial score (nSPS) is 11.8. The minimum absolute atomic E-state index is 0.0917. The lowest BCUT2D eigenvalue weighted by Gasteiger charge is -2.17. The second kappa shape index (κ2) is 16.2. The standard InChI is InChI=1S/C40H35N5O4S2/c1-45(2)30-18-14-26(15-19-30)24-34(42-37(46)28-12-8-5-9-13-28)38(47)41-29-16-21-32(22-17-29)50-36(27-10-6-4-7-11-27)39(48)44-40-43-33-23-20-31(49-3)25-35(33)51-40/h4-25,36H,1-3H3,(H,41,47)(H,42,46)(H,43,44,48)/b34-24-. The zero-order valence-electron chi connectivity index (χ0n) is 28.1. The van der Waals surface area contributed by atoms with E-state index < -0.39 is 17.1 Å². The monoisotopic (exact) mass is 713 g/mol. The van der Waals surface area contributed by atoms with Crippen LogP contribution in [0.5, 0.6) is 5.75 Å². The van der Waals surface area contributed by atoms with Gasteiger partial charge in [-0.1, -0.05) is 72.0 Å². The van der Waals surface area contributed by atoms with E-state index in [4.69, 9.17) is 4.74 Å². The molecule has 0 fully saturated rings. The largest absolute Gasteiger partial charge is 0.497 e. The van der Waals surface area contributed by atoms with E-state index in [-0.39, 0.29) is 11.6 Å². The van der Waals surface area contributed by atoms with Gasteiger partial charge < -0.3 is 25.6 Å². The van der Waals surface area contributed by atoms with Crippen LogP contribution in [-0.4, -0.2) is 43.9 Å². The zero-order valence-corrected chi connectivity index (χ0v) is 29.8. The van der Waals surface area contributed by atoms with Crippen molar-refractivity contribution in [3.05, 3.63) is 150 Å². The topological polar surface area (TPSA) is 113 Å². The number of thioether (sulfide) groups is 1. The molecule has 9 nitrogen and oxygen atoms in total. The fourth-order valence-corrected chi connectivity index (χ4v) is 7.01. The summed E-state index contributed by atoms with van der Waals surface area (Å²) >= 11 is 2.77. The highest BCUT2D eigenvalue weighted by Crippen LogP contribution is 2.38. The number of anilines is 3. The quantitative estimate of drug-likeness (QED) is 0.0865. The molecule has 1 atom stereocenters. The van der Waals surface area contributed by atoms with Gasteiger partial charge in [0.15, 0.2) is 5.13 Å². The number of hydrogen-bond donors (Lipinski definition) is 3. The maximum Gasteiger partial charge on any atom is 0.272 e. The van der Waals surface area contributed by atoms with Gasteiger partial charge in [0.2, 0.25) is 5.91 Å². The summed E-state index contributed by atoms with van der Waals surface area (Å²) in [5.41, 5.74) is 4.42. The SMILES string of the molecule is COc1ccc2nc(NC(=O)C(Sc3ccc(NC(=O)/C(=C/c4ccc(N(C)C)cc4)NC(=O)c4ccccc4)cc3)c3ccccc3)sc2c1. The van der Waals surface area contributed by atoms with E-state index in [1.807, 2.05) is 110 Å². The van der Waals surface area contributed by atoms with Gasteiger partial charge in [0.25, 0.3) is 11.8 Å². The van der Waals surface area contributed by atoms with E-state index in [0.717, 1.165) is 37.7 Å². The number of fused-ring (bicyclic) bond motifs is 1. The maximum absolute atomic E-state index is 13.7. The van der Waals surface area contributed by atoms with Crippen molar-refractivity contribution in [1.82, 2.24) is 10.3 Å². The summed E-state index contributed by atoms with van der Waals surface area (Å²) < 4.78 is 6.23. The summed E-state index contributed by atoms with van der Waals surface area (Å²) in [7, 11) is 5.51. The second-order valence-electron chi connectivity index (χ2n) is 11.6. The Morgan fingerprint density at radius 3 is 2.18 bits per heavy atom. The van der Waals surface area contributed by atoms with Crippen molar-refractivity contribution < 1.29 is 19.1 Å². The van der Waals surface area contributed by atoms with Gasteiger partial charge in [-0.05, 0) is 83.9 Å². The molecule has 51 heavy (non-hydrogen) atoms. The summed E-state index contributed by atoms with van der Waals surface area (Å²) in [6.07, 6.45) is 1.64. The van der Waals surface area contributed by atoms with E-state index in [1.54, 1.807) is 49.6 Å². The van der Waals surface area contributed by atoms with Gasteiger partial charge in [-0.25, -0.2) is 4.98 Å². The lowest BCUT2D eigenvalue weighted by Crippen LogP contribution is -2.30. The fourth-order valence-electron chi connectivity index (χ4n) is 5.09. The van der Waals surface area contributed by atoms with Gasteiger partial charge in [-0.3, -0.25) is 14.4 Å². The number of rotatable bonds is 12. The molecule has 3 N–H and O–H groups in total. The van der Waals surface area contributed by atoms with E-state index in [2.05, 4.69) is 20.9 Å². The van der Waals surface area contributed by atoms with Gasteiger partial charge in [0.05, 0.1) is 17.3 Å². The number of aromatic nitrogens is 1.